The number of nitrogens with one attached hydrogen (secondary N) is 1. The zero-order valence-electron chi connectivity index (χ0n) is 16.4. The maximum atomic E-state index is 12.4. The highest BCUT2D eigenvalue weighted by atomic mass is 32.1. The summed E-state index contributed by atoms with van der Waals surface area (Å²) in [5, 5.41) is 3.34. The van der Waals surface area contributed by atoms with Crippen molar-refractivity contribution in [2.75, 3.05) is 0 Å². The molecule has 0 aliphatic carbocycles. The van der Waals surface area contributed by atoms with Gasteiger partial charge < -0.3 is 10.1 Å². The molecule has 0 saturated heterocycles. The largest absolute Gasteiger partial charge is 0.430 e. The fraction of sp³-hybridized carbons (Fsp3) is 0.130. The Bertz CT molecular complexity index is 1130. The number of benzene rings is 2. The summed E-state index contributed by atoms with van der Waals surface area (Å²) in [5.74, 6) is 1.09. The van der Waals surface area contributed by atoms with Crippen molar-refractivity contribution in [1.29, 1.82) is 0 Å². The van der Waals surface area contributed by atoms with E-state index in [9.17, 15) is 4.79 Å². The van der Waals surface area contributed by atoms with Crippen LogP contribution in [0.25, 0.3) is 0 Å². The molecule has 0 spiro atoms. The van der Waals surface area contributed by atoms with E-state index in [1.807, 2.05) is 12.1 Å². The van der Waals surface area contributed by atoms with Crippen LogP contribution in [0.1, 0.15) is 32.9 Å². The van der Waals surface area contributed by atoms with Crippen LogP contribution in [0.4, 0.5) is 0 Å². The third kappa shape index (κ3) is 5.27. The van der Waals surface area contributed by atoms with Crippen LogP contribution in [0.15, 0.2) is 73.1 Å². The number of amides is 1. The Morgan fingerprint density at radius 2 is 1.83 bits per heavy atom. The van der Waals surface area contributed by atoms with Crippen molar-refractivity contribution in [2.45, 2.75) is 19.9 Å². The first kappa shape index (κ1) is 19.7. The van der Waals surface area contributed by atoms with Crippen molar-refractivity contribution in [3.05, 3.63) is 101 Å². The molecule has 30 heavy (non-hydrogen) atoms. The Kier molecular flexibility index (Phi) is 6.10. The second-order valence-corrected chi connectivity index (χ2v) is 7.52. The van der Waals surface area contributed by atoms with Gasteiger partial charge in [0.2, 0.25) is 0 Å². The average molecular weight is 417 g/mol. The number of carbonyl (C=O) groups excluding carboxylic acids is 1. The summed E-state index contributed by atoms with van der Waals surface area (Å²) < 4.78 is 10.2. The number of rotatable bonds is 7. The van der Waals surface area contributed by atoms with Crippen molar-refractivity contribution >= 4 is 17.4 Å². The van der Waals surface area contributed by atoms with Crippen LogP contribution in [-0.2, 0) is 13.0 Å². The van der Waals surface area contributed by atoms with Crippen molar-refractivity contribution < 1.29 is 9.53 Å². The third-order valence-corrected chi connectivity index (χ3v) is 5.07. The first-order valence-electron chi connectivity index (χ1n) is 9.49. The van der Waals surface area contributed by atoms with Gasteiger partial charge in [-0.15, -0.1) is 0 Å². The standard InChI is InChI=1S/C23H20N4O2S/c1-16-5-7-17(8-6-16)13-21-26-23(30-27-21)29-20-4-2-3-19(14-20)22(28)25-15-18-9-11-24-12-10-18/h2-12,14H,13,15H2,1H3,(H,25,28). The van der Waals surface area contributed by atoms with Gasteiger partial charge in [0.25, 0.3) is 11.1 Å². The molecule has 7 heteroatoms. The number of hydrogen-bond acceptors (Lipinski definition) is 6. The number of aryl methyl sites for hydroxylation is 1. The Morgan fingerprint density at radius 3 is 2.63 bits per heavy atom. The predicted molar refractivity (Wildman–Crippen MR) is 116 cm³/mol. The Balaban J connectivity index is 1.37. The van der Waals surface area contributed by atoms with Gasteiger partial charge in [-0.25, -0.2) is 0 Å². The molecule has 4 aromatic rings. The molecule has 0 fully saturated rings. The van der Waals surface area contributed by atoms with Crippen LogP contribution in [0.5, 0.6) is 10.9 Å². The van der Waals surface area contributed by atoms with Crippen LogP contribution < -0.4 is 10.1 Å². The summed E-state index contributed by atoms with van der Waals surface area (Å²) in [7, 11) is 0. The molecule has 0 unspecified atom stereocenters. The van der Waals surface area contributed by atoms with Crippen molar-refractivity contribution in [1.82, 2.24) is 19.7 Å². The minimum absolute atomic E-state index is 0.172. The average Bonchev–Trinajstić information content (AvgIpc) is 3.21. The fourth-order valence-electron chi connectivity index (χ4n) is 2.83. The summed E-state index contributed by atoms with van der Waals surface area (Å²) in [4.78, 5) is 20.9. The molecule has 6 nitrogen and oxygen atoms in total. The molecule has 2 aromatic carbocycles. The van der Waals surface area contributed by atoms with Crippen LogP contribution in [0.2, 0.25) is 0 Å². The molecule has 1 N–H and O–H groups in total. The molecule has 0 radical (unpaired) electrons. The van der Waals surface area contributed by atoms with Crippen molar-refractivity contribution in [3.8, 4) is 10.9 Å². The van der Waals surface area contributed by atoms with Gasteiger partial charge in [-0.1, -0.05) is 35.9 Å². The van der Waals surface area contributed by atoms with Crippen LogP contribution in [-0.4, -0.2) is 20.2 Å². The number of nitrogens with zero attached hydrogens (tertiary/aromatic N) is 3. The van der Waals surface area contributed by atoms with E-state index in [0.29, 0.717) is 35.3 Å². The quantitative estimate of drug-likeness (QED) is 0.478. The van der Waals surface area contributed by atoms with Crippen molar-refractivity contribution in [2.24, 2.45) is 0 Å². The number of carbonyl (C=O) groups is 1. The second kappa shape index (κ2) is 9.28. The van der Waals surface area contributed by atoms with Gasteiger partial charge in [0.05, 0.1) is 0 Å². The van der Waals surface area contributed by atoms with E-state index in [1.165, 1.54) is 17.1 Å². The Morgan fingerprint density at radius 1 is 1.03 bits per heavy atom. The van der Waals surface area contributed by atoms with Crippen LogP contribution >= 0.6 is 11.5 Å². The molecule has 1 amide bonds. The third-order valence-electron chi connectivity index (χ3n) is 4.44. The number of hydrogen-bond donors (Lipinski definition) is 1. The van der Waals surface area contributed by atoms with E-state index >= 15 is 0 Å². The van der Waals surface area contributed by atoms with E-state index in [4.69, 9.17) is 4.74 Å². The highest BCUT2D eigenvalue weighted by Gasteiger charge is 2.10. The molecule has 0 atom stereocenters. The minimum Gasteiger partial charge on any atom is -0.430 e. The highest BCUT2D eigenvalue weighted by Crippen LogP contribution is 2.24. The summed E-state index contributed by atoms with van der Waals surface area (Å²) in [6.07, 6.45) is 4.05. The first-order chi connectivity index (χ1) is 14.7. The molecular weight excluding hydrogens is 396 g/mol. The lowest BCUT2D eigenvalue weighted by atomic mass is 10.1. The summed E-state index contributed by atoms with van der Waals surface area (Å²) in [6, 6.07) is 19.0. The predicted octanol–water partition coefficient (Wildman–Crippen LogP) is 4.55. The van der Waals surface area contributed by atoms with E-state index in [0.717, 1.165) is 11.1 Å². The van der Waals surface area contributed by atoms with Gasteiger partial charge >= 0.3 is 0 Å². The smallest absolute Gasteiger partial charge is 0.298 e. The second-order valence-electron chi connectivity index (χ2n) is 6.81. The monoisotopic (exact) mass is 416 g/mol. The number of pyridine rings is 1. The summed E-state index contributed by atoms with van der Waals surface area (Å²) in [5.41, 5.74) is 3.88. The normalized spacial score (nSPS) is 10.6. The first-order valence-corrected chi connectivity index (χ1v) is 10.3. The zero-order valence-corrected chi connectivity index (χ0v) is 17.2. The lowest BCUT2D eigenvalue weighted by Crippen LogP contribution is -2.22. The Hall–Kier alpha value is -3.58. The maximum absolute atomic E-state index is 12.4. The molecule has 150 valence electrons. The highest BCUT2D eigenvalue weighted by molar-refractivity contribution is 7.07. The molecule has 0 aliphatic heterocycles. The van der Waals surface area contributed by atoms with Gasteiger partial charge in [0, 0.05) is 42.5 Å². The van der Waals surface area contributed by atoms with E-state index in [-0.39, 0.29) is 5.91 Å². The van der Waals surface area contributed by atoms with Gasteiger partial charge in [-0.3, -0.25) is 9.78 Å². The minimum atomic E-state index is -0.172. The number of aromatic nitrogens is 3. The fourth-order valence-corrected chi connectivity index (χ4v) is 3.39. The molecule has 2 aromatic heterocycles. The lowest BCUT2D eigenvalue weighted by molar-refractivity contribution is 0.0950. The van der Waals surface area contributed by atoms with E-state index < -0.39 is 0 Å². The topological polar surface area (TPSA) is 77.0 Å². The molecule has 0 bridgehead atoms. The SMILES string of the molecule is Cc1ccc(Cc2nsc(Oc3cccc(C(=O)NCc4ccncc4)c3)n2)cc1. The zero-order chi connectivity index (χ0) is 20.8. The number of ether oxygens (including phenoxy) is 1. The maximum Gasteiger partial charge on any atom is 0.298 e. The lowest BCUT2D eigenvalue weighted by Gasteiger charge is -2.07. The summed E-state index contributed by atoms with van der Waals surface area (Å²) >= 11 is 1.20. The van der Waals surface area contributed by atoms with E-state index in [1.54, 1.807) is 36.7 Å². The van der Waals surface area contributed by atoms with Gasteiger partial charge in [0.1, 0.15) is 5.75 Å². The molecule has 4 rings (SSSR count). The van der Waals surface area contributed by atoms with Gasteiger partial charge in [-0.2, -0.15) is 9.36 Å². The van der Waals surface area contributed by atoms with Gasteiger partial charge in [0.15, 0.2) is 5.82 Å². The Labute approximate surface area is 178 Å². The van der Waals surface area contributed by atoms with Crippen molar-refractivity contribution in [3.63, 3.8) is 0 Å². The van der Waals surface area contributed by atoms with Gasteiger partial charge in [-0.05, 0) is 48.4 Å². The van der Waals surface area contributed by atoms with Crippen LogP contribution in [0, 0.1) is 6.92 Å². The van der Waals surface area contributed by atoms with E-state index in [2.05, 4.69) is 50.8 Å². The van der Waals surface area contributed by atoms with Crippen LogP contribution in [0.3, 0.4) is 0 Å². The molecule has 0 saturated carbocycles. The molecule has 0 aliphatic rings. The molecular formula is C23H20N4O2S. The molecule has 2 heterocycles. The summed E-state index contributed by atoms with van der Waals surface area (Å²) in [6.45, 7) is 2.50.